The second-order valence-electron chi connectivity index (χ2n) is 2.22. The van der Waals surface area contributed by atoms with Crippen molar-refractivity contribution < 1.29 is 8.42 Å². The fourth-order valence-electron chi connectivity index (χ4n) is 0.591. The molecule has 0 unspecified atom stereocenters. The van der Waals surface area contributed by atoms with Crippen LogP contribution in [0.3, 0.4) is 0 Å². The van der Waals surface area contributed by atoms with E-state index in [1.54, 1.807) is 0 Å². The summed E-state index contributed by atoms with van der Waals surface area (Å²) in [5.74, 6) is 0. The highest BCUT2D eigenvalue weighted by Crippen LogP contribution is 1.87. The van der Waals surface area contributed by atoms with Crippen LogP contribution in [-0.4, -0.2) is 33.3 Å². The van der Waals surface area contributed by atoms with Crippen LogP contribution >= 0.6 is 0 Å². The number of hydrogen-bond donors (Lipinski definition) is 3. The lowest BCUT2D eigenvalue weighted by atomic mass is 10.5. The molecule has 76 valence electrons. The Hall–Kier alpha value is -0.950. The third kappa shape index (κ3) is 4.00. The van der Waals surface area contributed by atoms with E-state index in [1.165, 1.54) is 7.05 Å². The Bertz CT molecular complexity index is 283. The summed E-state index contributed by atoms with van der Waals surface area (Å²) < 4.78 is 24.8. The molecule has 0 fully saturated rings. The van der Waals surface area contributed by atoms with Gasteiger partial charge in [-0.15, -0.1) is 0 Å². The summed E-state index contributed by atoms with van der Waals surface area (Å²) in [5, 5.41) is 9.96. The maximum absolute atomic E-state index is 11.3. The van der Waals surface area contributed by atoms with Gasteiger partial charge in [0.15, 0.2) is 0 Å². The monoisotopic (exact) mass is 206 g/mol. The standard InChI is InChI=1S/C6H14N4O2S/c1-3-4-9-13(11,12)6(5-7)10-8-2/h5,7-9H,3-4H2,1-2H3/b7-5?,10-6+. The molecule has 3 N–H and O–H groups in total. The van der Waals surface area contributed by atoms with Crippen LogP contribution in [0.2, 0.25) is 0 Å². The quantitative estimate of drug-likeness (QED) is 0.321. The first-order valence-electron chi connectivity index (χ1n) is 3.83. The molecule has 0 radical (unpaired) electrons. The molecule has 0 saturated heterocycles. The zero-order chi connectivity index (χ0) is 10.3. The van der Waals surface area contributed by atoms with Gasteiger partial charge in [-0.25, -0.2) is 13.1 Å². The molecule has 0 aromatic carbocycles. The van der Waals surface area contributed by atoms with Crippen molar-refractivity contribution in [2.45, 2.75) is 13.3 Å². The summed E-state index contributed by atoms with van der Waals surface area (Å²) in [4.78, 5) is 0. The molecule has 0 aliphatic rings. The molecule has 0 aliphatic heterocycles. The molecule has 0 saturated carbocycles. The van der Waals surface area contributed by atoms with E-state index in [4.69, 9.17) is 5.41 Å². The van der Waals surface area contributed by atoms with Gasteiger partial charge >= 0.3 is 0 Å². The highest BCUT2D eigenvalue weighted by Gasteiger charge is 2.15. The van der Waals surface area contributed by atoms with Crippen LogP contribution in [0.5, 0.6) is 0 Å². The number of hydrogen-bond acceptors (Lipinski definition) is 5. The van der Waals surface area contributed by atoms with Gasteiger partial charge in [0.2, 0.25) is 5.04 Å². The van der Waals surface area contributed by atoms with Crippen molar-refractivity contribution in [2.75, 3.05) is 13.6 Å². The smallest absolute Gasteiger partial charge is 0.261 e. The molecular formula is C6H14N4O2S. The van der Waals surface area contributed by atoms with E-state index in [2.05, 4.69) is 15.2 Å². The largest absolute Gasteiger partial charge is 0.312 e. The molecule has 0 bridgehead atoms. The van der Waals surface area contributed by atoms with Gasteiger partial charge in [0.1, 0.15) is 0 Å². The van der Waals surface area contributed by atoms with Crippen molar-refractivity contribution in [3.63, 3.8) is 0 Å². The van der Waals surface area contributed by atoms with E-state index in [0.717, 1.165) is 0 Å². The van der Waals surface area contributed by atoms with E-state index in [-0.39, 0.29) is 5.04 Å². The Kier molecular flexibility index (Phi) is 5.24. The Labute approximate surface area is 78.0 Å². The van der Waals surface area contributed by atoms with Crippen molar-refractivity contribution in [1.29, 1.82) is 5.41 Å². The lowest BCUT2D eigenvalue weighted by molar-refractivity contribution is 0.593. The molecule has 0 aliphatic carbocycles. The van der Waals surface area contributed by atoms with E-state index >= 15 is 0 Å². The van der Waals surface area contributed by atoms with Crippen molar-refractivity contribution in [3.8, 4) is 0 Å². The predicted molar refractivity (Wildman–Crippen MR) is 52.5 cm³/mol. The number of sulfonamides is 1. The molecule has 0 amide bonds. The fourth-order valence-corrected chi connectivity index (χ4v) is 1.58. The first kappa shape index (κ1) is 12.0. The van der Waals surface area contributed by atoms with Gasteiger partial charge in [-0.05, 0) is 6.42 Å². The normalized spacial score (nSPS) is 12.6. The Morgan fingerprint density at radius 2 is 2.23 bits per heavy atom. The number of hydrazone groups is 1. The predicted octanol–water partition coefficient (Wildman–Crippen LogP) is -0.502. The van der Waals surface area contributed by atoms with Gasteiger partial charge in [0, 0.05) is 13.6 Å². The number of rotatable bonds is 5. The molecule has 0 aromatic rings. The first-order valence-corrected chi connectivity index (χ1v) is 5.31. The Morgan fingerprint density at radius 1 is 1.62 bits per heavy atom. The van der Waals surface area contributed by atoms with Crippen LogP contribution in [0.1, 0.15) is 13.3 Å². The van der Waals surface area contributed by atoms with Gasteiger partial charge in [-0.2, -0.15) is 5.10 Å². The van der Waals surface area contributed by atoms with Crippen LogP contribution in [0, 0.1) is 5.41 Å². The minimum atomic E-state index is -3.60. The zero-order valence-electron chi connectivity index (χ0n) is 7.66. The number of nitrogens with one attached hydrogen (secondary N) is 3. The Morgan fingerprint density at radius 3 is 2.62 bits per heavy atom. The van der Waals surface area contributed by atoms with Gasteiger partial charge in [-0.3, -0.25) is 0 Å². The summed E-state index contributed by atoms with van der Waals surface area (Å²) >= 11 is 0. The van der Waals surface area contributed by atoms with Gasteiger partial charge in [0.25, 0.3) is 10.0 Å². The van der Waals surface area contributed by atoms with Crippen molar-refractivity contribution in [1.82, 2.24) is 10.1 Å². The van der Waals surface area contributed by atoms with Crippen LogP contribution in [0.4, 0.5) is 0 Å². The van der Waals surface area contributed by atoms with Crippen molar-refractivity contribution >= 4 is 21.3 Å². The molecule has 0 aromatic heterocycles. The maximum Gasteiger partial charge on any atom is 0.261 e. The van der Waals surface area contributed by atoms with Gasteiger partial charge < -0.3 is 10.8 Å². The molecule has 7 heteroatoms. The fraction of sp³-hybridized carbons (Fsp3) is 0.667. The molecule has 0 atom stereocenters. The van der Waals surface area contributed by atoms with Crippen LogP contribution in [-0.2, 0) is 10.0 Å². The highest BCUT2D eigenvalue weighted by molar-refractivity contribution is 8.06. The molecule has 0 rings (SSSR count). The van der Waals surface area contributed by atoms with Crippen LogP contribution in [0.15, 0.2) is 5.10 Å². The summed E-state index contributed by atoms with van der Waals surface area (Å²) in [7, 11) is -2.13. The minimum absolute atomic E-state index is 0.316. The number of nitrogens with zero attached hydrogens (tertiary/aromatic N) is 1. The lowest BCUT2D eigenvalue weighted by Crippen LogP contribution is -2.33. The SMILES string of the molecule is CCCNS(=O)(=O)/C(C=N)=N/NC. The summed E-state index contributed by atoms with van der Waals surface area (Å²) in [6.45, 7) is 2.20. The van der Waals surface area contributed by atoms with Gasteiger partial charge in [0.05, 0.1) is 6.21 Å². The molecule has 0 heterocycles. The van der Waals surface area contributed by atoms with E-state index in [9.17, 15) is 8.42 Å². The van der Waals surface area contributed by atoms with Crippen LogP contribution < -0.4 is 10.1 Å². The van der Waals surface area contributed by atoms with E-state index in [0.29, 0.717) is 19.2 Å². The summed E-state index contributed by atoms with van der Waals surface area (Å²) in [6, 6.07) is 0. The minimum Gasteiger partial charge on any atom is -0.312 e. The molecule has 13 heavy (non-hydrogen) atoms. The maximum atomic E-state index is 11.3. The van der Waals surface area contributed by atoms with Gasteiger partial charge in [-0.1, -0.05) is 6.92 Å². The third-order valence-electron chi connectivity index (χ3n) is 1.16. The first-order chi connectivity index (χ1) is 6.08. The topological polar surface area (TPSA) is 94.4 Å². The third-order valence-corrected chi connectivity index (χ3v) is 2.51. The van der Waals surface area contributed by atoms with E-state index in [1.807, 2.05) is 6.92 Å². The highest BCUT2D eigenvalue weighted by atomic mass is 32.2. The summed E-state index contributed by atoms with van der Waals surface area (Å²) in [6.07, 6.45) is 1.39. The van der Waals surface area contributed by atoms with Crippen LogP contribution in [0.25, 0.3) is 0 Å². The second kappa shape index (κ2) is 5.65. The van der Waals surface area contributed by atoms with Crippen molar-refractivity contribution in [3.05, 3.63) is 0 Å². The molecule has 6 nitrogen and oxygen atoms in total. The summed E-state index contributed by atoms with van der Waals surface area (Å²) in [5.41, 5.74) is 2.32. The lowest BCUT2D eigenvalue weighted by Gasteiger charge is -2.03. The van der Waals surface area contributed by atoms with Crippen molar-refractivity contribution in [2.24, 2.45) is 5.10 Å². The van der Waals surface area contributed by atoms with E-state index < -0.39 is 10.0 Å². The molecule has 0 spiro atoms. The average Bonchev–Trinajstić information content (AvgIpc) is 2.10. The Balaban J connectivity index is 4.59. The second-order valence-corrected chi connectivity index (χ2v) is 3.93. The average molecular weight is 206 g/mol. The molecular weight excluding hydrogens is 192 g/mol. The zero-order valence-corrected chi connectivity index (χ0v) is 8.48.